The number of halogens is 2. The molecule has 1 N–H and O–H groups in total. The molecule has 1 amide bonds. The third-order valence-electron chi connectivity index (χ3n) is 8.07. The van der Waals surface area contributed by atoms with Crippen LogP contribution in [0.2, 0.25) is 0 Å². The van der Waals surface area contributed by atoms with Crippen LogP contribution in [0.1, 0.15) is 18.5 Å². The molecule has 0 aliphatic carbocycles. The van der Waals surface area contributed by atoms with Crippen molar-refractivity contribution in [2.45, 2.75) is 31.3 Å². The highest BCUT2D eigenvalue weighted by atomic mass is 19.1. The number of amides is 1. The van der Waals surface area contributed by atoms with Crippen molar-refractivity contribution in [2.24, 2.45) is 7.05 Å². The van der Waals surface area contributed by atoms with E-state index in [2.05, 4.69) is 25.4 Å². The van der Waals surface area contributed by atoms with Crippen molar-refractivity contribution in [3.63, 3.8) is 0 Å². The first-order valence-electron chi connectivity index (χ1n) is 14.1. The summed E-state index contributed by atoms with van der Waals surface area (Å²) in [5, 5.41) is 7.83. The second kappa shape index (κ2) is 10.6. The number of imidazole rings is 1. The molecule has 7 rings (SSSR count). The molecule has 13 heteroatoms. The molecule has 220 valence electrons. The van der Waals surface area contributed by atoms with E-state index in [9.17, 15) is 13.6 Å². The zero-order valence-electron chi connectivity index (χ0n) is 23.6. The van der Waals surface area contributed by atoms with Gasteiger partial charge in [0.15, 0.2) is 11.6 Å². The van der Waals surface area contributed by atoms with E-state index in [-0.39, 0.29) is 17.5 Å². The second-order valence-electron chi connectivity index (χ2n) is 10.9. The molecular formula is C30H29F2N9O2. The van der Waals surface area contributed by atoms with Gasteiger partial charge in [0.05, 0.1) is 23.7 Å². The van der Waals surface area contributed by atoms with Gasteiger partial charge in [0.2, 0.25) is 11.8 Å². The Labute approximate surface area is 245 Å². The molecule has 6 heterocycles. The number of nitrogens with zero attached hydrogens (tertiary/aromatic N) is 8. The topological polar surface area (TPSA) is 106 Å². The first kappa shape index (κ1) is 26.8. The Morgan fingerprint density at radius 2 is 1.98 bits per heavy atom. The van der Waals surface area contributed by atoms with Crippen LogP contribution in [0.15, 0.2) is 61.2 Å². The molecule has 1 saturated heterocycles. The van der Waals surface area contributed by atoms with E-state index in [4.69, 9.17) is 4.74 Å². The van der Waals surface area contributed by atoms with E-state index >= 15 is 0 Å². The minimum atomic E-state index is -0.712. The van der Waals surface area contributed by atoms with E-state index < -0.39 is 17.7 Å². The number of carbonyl (C=O) groups is 1. The van der Waals surface area contributed by atoms with Crippen LogP contribution in [0, 0.1) is 11.6 Å². The Kier molecular flexibility index (Phi) is 6.63. The summed E-state index contributed by atoms with van der Waals surface area (Å²) in [5.74, 6) is 1.16. The summed E-state index contributed by atoms with van der Waals surface area (Å²) in [5.41, 5.74) is 1.69. The Bertz CT molecular complexity index is 1840. The third kappa shape index (κ3) is 4.90. The Balaban J connectivity index is 1.26. The molecule has 5 aromatic rings. The number of carbonyl (C=O) groups excluding carboxylic acids is 1. The zero-order valence-corrected chi connectivity index (χ0v) is 23.6. The van der Waals surface area contributed by atoms with Crippen LogP contribution < -0.4 is 15.0 Å². The van der Waals surface area contributed by atoms with E-state index in [0.29, 0.717) is 67.0 Å². The van der Waals surface area contributed by atoms with Crippen molar-refractivity contribution >= 4 is 23.1 Å². The number of aromatic nitrogens is 6. The lowest BCUT2D eigenvalue weighted by molar-refractivity contribution is -0.131. The number of pyridine rings is 1. The number of fused-ring (bicyclic) bond motifs is 6. The molecule has 2 aliphatic heterocycles. The standard InChI is InChI=1S/C30H29F2N9O2/c1-38-11-4-5-22-25(16-35-39(22)2)43-27-7-3-6-26(37-27)36-19-14-23(30(38)42)41(17-19)29-24-15-34-28(40(24)12-10-33-29)20-9-8-18(31)13-21(20)32/h3,6-10,12-13,15-16,19,23H,4-5,11,14,17H2,1-2H3,(H,36,37)/t19-,23-/m0/s1. The van der Waals surface area contributed by atoms with Crippen LogP contribution in [0.5, 0.6) is 11.6 Å². The SMILES string of the molecule is CN1CCCc2c(cnn2C)Oc2cccc(n2)N[C@H]2C[C@@H](C1=O)N(c1nccn3c(-c4ccc(F)cc4F)ncc13)C2. The lowest BCUT2D eigenvalue weighted by Crippen LogP contribution is -2.45. The minimum Gasteiger partial charge on any atom is -0.435 e. The van der Waals surface area contributed by atoms with Crippen molar-refractivity contribution in [1.29, 1.82) is 0 Å². The summed E-state index contributed by atoms with van der Waals surface area (Å²) < 4.78 is 37.9. The molecule has 4 aromatic heterocycles. The number of benzene rings is 1. The van der Waals surface area contributed by atoms with Gasteiger partial charge in [0.25, 0.3) is 0 Å². The van der Waals surface area contributed by atoms with Gasteiger partial charge in [-0.2, -0.15) is 10.1 Å². The molecule has 2 atom stereocenters. The molecule has 4 bridgehead atoms. The second-order valence-corrected chi connectivity index (χ2v) is 10.9. The smallest absolute Gasteiger partial charge is 0.245 e. The van der Waals surface area contributed by atoms with Crippen LogP contribution in [-0.4, -0.2) is 72.2 Å². The fourth-order valence-corrected chi connectivity index (χ4v) is 5.95. The molecule has 0 unspecified atom stereocenters. The first-order chi connectivity index (χ1) is 20.9. The monoisotopic (exact) mass is 585 g/mol. The van der Waals surface area contributed by atoms with E-state index in [0.717, 1.165) is 11.8 Å². The van der Waals surface area contributed by atoms with E-state index in [1.807, 2.05) is 31.1 Å². The van der Waals surface area contributed by atoms with Gasteiger partial charge in [-0.25, -0.2) is 18.7 Å². The number of aryl methyl sites for hydroxylation is 1. The van der Waals surface area contributed by atoms with Gasteiger partial charge in [0.1, 0.15) is 34.8 Å². The highest BCUT2D eigenvalue weighted by molar-refractivity contribution is 5.88. The van der Waals surface area contributed by atoms with Gasteiger partial charge in [-0.1, -0.05) is 6.07 Å². The highest BCUT2D eigenvalue weighted by Crippen LogP contribution is 2.33. The van der Waals surface area contributed by atoms with Gasteiger partial charge in [0, 0.05) is 57.8 Å². The Morgan fingerprint density at radius 3 is 2.84 bits per heavy atom. The molecule has 1 fully saturated rings. The fourth-order valence-electron chi connectivity index (χ4n) is 5.95. The van der Waals surface area contributed by atoms with Crippen molar-refractivity contribution in [3.8, 4) is 23.0 Å². The molecule has 0 spiro atoms. The first-order valence-corrected chi connectivity index (χ1v) is 14.1. The molecule has 1 aromatic carbocycles. The number of hydrogen-bond donors (Lipinski definition) is 1. The van der Waals surface area contributed by atoms with Gasteiger partial charge in [-0.15, -0.1) is 0 Å². The van der Waals surface area contributed by atoms with Gasteiger partial charge in [-0.05, 0) is 37.5 Å². The van der Waals surface area contributed by atoms with Crippen molar-refractivity contribution in [1.82, 2.24) is 34.0 Å². The Hall–Kier alpha value is -5.07. The lowest BCUT2D eigenvalue weighted by Gasteiger charge is -2.29. The van der Waals surface area contributed by atoms with Crippen LogP contribution in [-0.2, 0) is 18.3 Å². The molecule has 2 aliphatic rings. The van der Waals surface area contributed by atoms with Gasteiger partial charge >= 0.3 is 0 Å². The van der Waals surface area contributed by atoms with Crippen LogP contribution in [0.3, 0.4) is 0 Å². The number of ether oxygens (including phenoxy) is 1. The molecule has 43 heavy (non-hydrogen) atoms. The Morgan fingerprint density at radius 1 is 1.09 bits per heavy atom. The quantitative estimate of drug-likeness (QED) is 0.331. The van der Waals surface area contributed by atoms with Crippen LogP contribution in [0.25, 0.3) is 16.9 Å². The number of nitrogens with one attached hydrogen (secondary N) is 1. The molecule has 0 radical (unpaired) electrons. The molecule has 11 nitrogen and oxygen atoms in total. The molecule has 0 saturated carbocycles. The average Bonchev–Trinajstić information content (AvgIpc) is 3.70. The predicted molar refractivity (Wildman–Crippen MR) is 155 cm³/mol. The van der Waals surface area contributed by atoms with Crippen molar-refractivity contribution < 1.29 is 18.3 Å². The number of hydrogen-bond acceptors (Lipinski definition) is 8. The number of rotatable bonds is 2. The zero-order chi connectivity index (χ0) is 29.7. The average molecular weight is 586 g/mol. The summed E-state index contributed by atoms with van der Waals surface area (Å²) in [6, 6.07) is 8.28. The van der Waals surface area contributed by atoms with E-state index in [1.54, 1.807) is 44.8 Å². The predicted octanol–water partition coefficient (Wildman–Crippen LogP) is 4.06. The van der Waals surface area contributed by atoms with Crippen LogP contribution >= 0.6 is 0 Å². The summed E-state index contributed by atoms with van der Waals surface area (Å²) in [6.07, 6.45) is 8.45. The number of anilines is 2. The minimum absolute atomic E-state index is 0.0320. The fraction of sp³-hybridized carbons (Fsp3) is 0.300. The number of likely N-dealkylation sites (N-methyl/N-ethyl adjacent to an activating group) is 1. The van der Waals surface area contributed by atoms with E-state index in [1.165, 1.54) is 12.1 Å². The van der Waals surface area contributed by atoms with Crippen LogP contribution in [0.4, 0.5) is 20.4 Å². The summed E-state index contributed by atoms with van der Waals surface area (Å²) >= 11 is 0. The highest BCUT2D eigenvalue weighted by Gasteiger charge is 2.40. The maximum atomic E-state index is 14.7. The summed E-state index contributed by atoms with van der Waals surface area (Å²) in [4.78, 5) is 31.5. The summed E-state index contributed by atoms with van der Waals surface area (Å²) in [7, 11) is 3.68. The van der Waals surface area contributed by atoms with Crippen molar-refractivity contribution in [3.05, 3.63) is 78.5 Å². The van der Waals surface area contributed by atoms with Gasteiger partial charge in [-0.3, -0.25) is 13.9 Å². The lowest BCUT2D eigenvalue weighted by atomic mass is 10.1. The summed E-state index contributed by atoms with van der Waals surface area (Å²) in [6.45, 7) is 0.998. The maximum Gasteiger partial charge on any atom is 0.245 e. The molecular weight excluding hydrogens is 556 g/mol. The van der Waals surface area contributed by atoms with Gasteiger partial charge < -0.3 is 19.9 Å². The normalized spacial score (nSPS) is 19.0. The maximum absolute atomic E-state index is 14.7. The van der Waals surface area contributed by atoms with Crippen molar-refractivity contribution in [2.75, 3.05) is 30.4 Å². The third-order valence-corrected chi connectivity index (χ3v) is 8.07. The largest absolute Gasteiger partial charge is 0.435 e.